The Balaban J connectivity index is 0.000000188. The minimum Gasteiger partial charge on any atom is -0.478 e. The molecule has 6 aromatic carbocycles. The maximum Gasteiger partial charge on any atom is 0.337 e. The number of aryl methyl sites for hydroxylation is 5. The smallest absolute Gasteiger partial charge is 0.337 e. The van der Waals surface area contributed by atoms with Gasteiger partial charge in [0.05, 0.1) is 11.3 Å². The maximum atomic E-state index is 13.0. The van der Waals surface area contributed by atoms with Gasteiger partial charge in [0.15, 0.2) is 0 Å². The molecule has 0 fully saturated rings. The Morgan fingerprint density at radius 3 is 1.42 bits per heavy atom. The number of carboxylic acids is 1. The predicted molar refractivity (Wildman–Crippen MR) is 192 cm³/mol. The van der Waals surface area contributed by atoms with E-state index in [4.69, 9.17) is 0 Å². The summed E-state index contributed by atoms with van der Waals surface area (Å²) in [5, 5.41) is 15.8. The van der Waals surface area contributed by atoms with Gasteiger partial charge in [0.25, 0.3) is 0 Å². The number of carboxylic acid groups (broad SMARTS) is 1. The summed E-state index contributed by atoms with van der Waals surface area (Å²) in [6, 6.07) is 44.7. The third-order valence-electron chi connectivity index (χ3n) is 7.95. The summed E-state index contributed by atoms with van der Waals surface area (Å²) in [7, 11) is 0. The minimum atomic E-state index is -1.00. The van der Waals surface area contributed by atoms with Crippen LogP contribution in [0, 0.1) is 18.6 Å². The number of anilines is 4. The van der Waals surface area contributed by atoms with Gasteiger partial charge in [-0.25, -0.2) is 13.6 Å². The van der Waals surface area contributed by atoms with Gasteiger partial charge in [-0.15, -0.1) is 0 Å². The molecule has 0 aliphatic carbocycles. The number of nitrogens with one attached hydrogen (secondary N) is 2. The summed E-state index contributed by atoms with van der Waals surface area (Å²) in [6.45, 7) is 2.08. The minimum absolute atomic E-state index is 0.188. The number of halogens is 2. The Hall–Kier alpha value is -5.75. The van der Waals surface area contributed by atoms with Gasteiger partial charge < -0.3 is 15.7 Å². The van der Waals surface area contributed by atoms with Crippen LogP contribution in [0.3, 0.4) is 0 Å². The average Bonchev–Trinajstić information content (AvgIpc) is 3.11. The molecule has 242 valence electrons. The lowest BCUT2D eigenvalue weighted by molar-refractivity contribution is 0.0698. The lowest BCUT2D eigenvalue weighted by Crippen LogP contribution is -2.04. The van der Waals surface area contributed by atoms with Gasteiger partial charge in [-0.2, -0.15) is 0 Å². The Bertz CT molecular complexity index is 1910. The first-order valence-electron chi connectivity index (χ1n) is 15.9. The molecule has 48 heavy (non-hydrogen) atoms. The number of hydrogen-bond donors (Lipinski definition) is 3. The van der Waals surface area contributed by atoms with E-state index in [9.17, 15) is 18.7 Å². The topological polar surface area (TPSA) is 61.4 Å². The SMILES string of the molecule is Cc1ccc(CCc2ccccc2)cc1Nc1ccc(F)cc1.O=C(O)c1ccc(CCc2ccccc2)cc1Nc1ccc(F)cc1. The highest BCUT2D eigenvalue weighted by Gasteiger charge is 2.11. The maximum absolute atomic E-state index is 13.0. The van der Waals surface area contributed by atoms with E-state index in [1.165, 1.54) is 46.5 Å². The summed E-state index contributed by atoms with van der Waals surface area (Å²) in [4.78, 5) is 11.5. The predicted octanol–water partition coefficient (Wildman–Crippen LogP) is 10.7. The molecule has 0 unspecified atom stereocenters. The molecule has 0 saturated carbocycles. The average molecular weight is 641 g/mol. The van der Waals surface area contributed by atoms with Crippen molar-refractivity contribution in [3.63, 3.8) is 0 Å². The Kier molecular flexibility index (Phi) is 11.7. The van der Waals surface area contributed by atoms with Gasteiger partial charge in [0, 0.05) is 17.1 Å². The van der Waals surface area contributed by atoms with Crippen LogP contribution in [0.25, 0.3) is 0 Å². The highest BCUT2D eigenvalue weighted by Crippen LogP contribution is 2.25. The van der Waals surface area contributed by atoms with Crippen molar-refractivity contribution in [2.75, 3.05) is 10.6 Å². The summed E-state index contributed by atoms with van der Waals surface area (Å²) >= 11 is 0. The van der Waals surface area contributed by atoms with Crippen molar-refractivity contribution in [2.24, 2.45) is 0 Å². The van der Waals surface area contributed by atoms with E-state index >= 15 is 0 Å². The summed E-state index contributed by atoms with van der Waals surface area (Å²) in [5.74, 6) is -1.55. The quantitative estimate of drug-likeness (QED) is 0.132. The zero-order valence-electron chi connectivity index (χ0n) is 26.8. The van der Waals surface area contributed by atoms with Crippen LogP contribution in [0.5, 0.6) is 0 Å². The Morgan fingerprint density at radius 1 is 0.521 bits per heavy atom. The van der Waals surface area contributed by atoms with Crippen molar-refractivity contribution in [1.82, 2.24) is 0 Å². The van der Waals surface area contributed by atoms with Gasteiger partial charge in [0.2, 0.25) is 0 Å². The number of aromatic carboxylic acids is 1. The molecule has 6 rings (SSSR count). The molecule has 6 aromatic rings. The normalized spacial score (nSPS) is 10.5. The standard InChI is InChI=1S/C21H18FNO2.C21H20FN/c22-17-9-11-18(12-10-17)23-20-14-16(8-13-19(20)21(24)25)7-6-15-4-2-1-3-5-15;1-16-7-8-18(10-9-17-5-3-2-4-6-17)15-21(16)23-20-13-11-19(22)12-14-20/h1-5,8-14,23H,6-7H2,(H,24,25);2-8,11-15,23H,9-10H2,1H3. The summed E-state index contributed by atoms with van der Waals surface area (Å²) < 4.78 is 26.0. The van der Waals surface area contributed by atoms with Gasteiger partial charge in [-0.05, 0) is 127 Å². The van der Waals surface area contributed by atoms with Crippen molar-refractivity contribution in [2.45, 2.75) is 32.6 Å². The lowest BCUT2D eigenvalue weighted by atomic mass is 10.0. The van der Waals surface area contributed by atoms with E-state index in [2.05, 4.69) is 72.2 Å². The van der Waals surface area contributed by atoms with Crippen LogP contribution >= 0.6 is 0 Å². The van der Waals surface area contributed by atoms with E-state index in [0.29, 0.717) is 11.4 Å². The fraction of sp³-hybridized carbons (Fsp3) is 0.119. The Labute approximate surface area is 280 Å². The van der Waals surface area contributed by atoms with Crippen LogP contribution in [0.4, 0.5) is 31.5 Å². The fourth-order valence-electron chi connectivity index (χ4n) is 5.24. The lowest BCUT2D eigenvalue weighted by Gasteiger charge is -2.12. The summed E-state index contributed by atoms with van der Waals surface area (Å²) in [5.41, 5.74) is 9.40. The largest absolute Gasteiger partial charge is 0.478 e. The fourth-order valence-corrected chi connectivity index (χ4v) is 5.24. The molecular formula is C42H38F2N2O2. The summed E-state index contributed by atoms with van der Waals surface area (Å²) in [6.07, 6.45) is 3.72. The Morgan fingerprint density at radius 2 is 0.938 bits per heavy atom. The molecule has 0 bridgehead atoms. The second-order valence-corrected chi connectivity index (χ2v) is 11.6. The molecular weight excluding hydrogens is 602 g/mol. The number of carbonyl (C=O) groups is 1. The molecule has 0 amide bonds. The highest BCUT2D eigenvalue weighted by molar-refractivity contribution is 5.95. The number of rotatable bonds is 11. The van der Waals surface area contributed by atoms with Gasteiger partial charge in [0.1, 0.15) is 11.6 Å². The molecule has 0 radical (unpaired) electrons. The van der Waals surface area contributed by atoms with Crippen LogP contribution in [0.15, 0.2) is 146 Å². The van der Waals surface area contributed by atoms with E-state index in [0.717, 1.165) is 42.6 Å². The van der Waals surface area contributed by atoms with E-state index in [-0.39, 0.29) is 17.2 Å². The number of hydrogen-bond acceptors (Lipinski definition) is 3. The van der Waals surface area contributed by atoms with Crippen molar-refractivity contribution in [3.05, 3.63) is 191 Å². The third-order valence-corrected chi connectivity index (χ3v) is 7.95. The second kappa shape index (κ2) is 16.7. The molecule has 4 nitrogen and oxygen atoms in total. The second-order valence-electron chi connectivity index (χ2n) is 11.6. The first-order chi connectivity index (χ1) is 23.3. The molecule has 0 atom stereocenters. The zero-order valence-corrected chi connectivity index (χ0v) is 26.8. The van der Waals surface area contributed by atoms with Crippen LogP contribution in [0.1, 0.15) is 38.2 Å². The van der Waals surface area contributed by atoms with Gasteiger partial charge in [-0.1, -0.05) is 78.9 Å². The van der Waals surface area contributed by atoms with Crippen LogP contribution in [-0.2, 0) is 25.7 Å². The van der Waals surface area contributed by atoms with Crippen molar-refractivity contribution < 1.29 is 18.7 Å². The molecule has 3 N–H and O–H groups in total. The van der Waals surface area contributed by atoms with E-state index in [1.54, 1.807) is 30.3 Å². The van der Waals surface area contributed by atoms with Crippen LogP contribution < -0.4 is 10.6 Å². The monoisotopic (exact) mass is 640 g/mol. The van der Waals surface area contributed by atoms with Gasteiger partial charge in [-0.3, -0.25) is 0 Å². The number of benzene rings is 6. The first-order valence-corrected chi connectivity index (χ1v) is 15.9. The zero-order chi connectivity index (χ0) is 33.7. The first kappa shape index (κ1) is 33.6. The van der Waals surface area contributed by atoms with E-state index < -0.39 is 5.97 Å². The molecule has 0 saturated heterocycles. The molecule has 0 spiro atoms. The highest BCUT2D eigenvalue weighted by atomic mass is 19.1. The van der Waals surface area contributed by atoms with Crippen LogP contribution in [0.2, 0.25) is 0 Å². The molecule has 0 aliphatic heterocycles. The van der Waals surface area contributed by atoms with E-state index in [1.807, 2.05) is 36.4 Å². The molecule has 6 heteroatoms. The molecule has 0 heterocycles. The van der Waals surface area contributed by atoms with Crippen molar-refractivity contribution in [1.29, 1.82) is 0 Å². The van der Waals surface area contributed by atoms with Crippen molar-refractivity contribution >= 4 is 28.7 Å². The molecule has 0 aliphatic rings. The van der Waals surface area contributed by atoms with Crippen LogP contribution in [-0.4, -0.2) is 11.1 Å². The molecule has 0 aromatic heterocycles. The van der Waals surface area contributed by atoms with Crippen molar-refractivity contribution in [3.8, 4) is 0 Å². The third kappa shape index (κ3) is 10.1. The van der Waals surface area contributed by atoms with Gasteiger partial charge >= 0.3 is 5.97 Å².